The first-order chi connectivity index (χ1) is 21.2. The Hall–Kier alpha value is -5.12. The van der Waals surface area contributed by atoms with E-state index in [-0.39, 0.29) is 0 Å². The Labute approximate surface area is 257 Å². The minimum atomic E-state index is 0.684. The molecule has 0 saturated carbocycles. The molecule has 1 aliphatic heterocycles. The Morgan fingerprint density at radius 1 is 0.605 bits per heavy atom. The summed E-state index contributed by atoms with van der Waals surface area (Å²) in [6.45, 7) is 8.58. The zero-order valence-electron chi connectivity index (χ0n) is 23.8. The van der Waals surface area contributed by atoms with Crippen LogP contribution < -0.4 is 0 Å². The average molecular weight is 571 g/mol. The van der Waals surface area contributed by atoms with Gasteiger partial charge < -0.3 is 4.31 Å². The van der Waals surface area contributed by atoms with Crippen molar-refractivity contribution in [1.82, 2.24) is 4.31 Å². The monoisotopic (exact) mass is 570 g/mol. The molecule has 0 aliphatic carbocycles. The Balaban J connectivity index is 1.36. The molecule has 0 spiro atoms. The number of hydrogen-bond acceptors (Lipinski definition) is 3. The van der Waals surface area contributed by atoms with Crippen molar-refractivity contribution in [3.63, 3.8) is 0 Å². The van der Waals surface area contributed by atoms with Gasteiger partial charge in [-0.05, 0) is 79.7 Å². The van der Waals surface area contributed by atoms with E-state index in [9.17, 15) is 0 Å². The second-order valence-corrected chi connectivity index (χ2v) is 11.7. The maximum Gasteiger partial charge on any atom is 0.0634 e. The lowest BCUT2D eigenvalue weighted by Crippen LogP contribution is -2.12. The van der Waals surface area contributed by atoms with E-state index in [2.05, 4.69) is 162 Å². The quantitative estimate of drug-likeness (QED) is 0.108. The molecule has 6 aromatic carbocycles. The molecule has 0 aromatic heterocycles. The predicted molar refractivity (Wildman–Crippen MR) is 187 cm³/mol. The summed E-state index contributed by atoms with van der Waals surface area (Å²) in [7, 11) is 0. The highest BCUT2D eigenvalue weighted by Crippen LogP contribution is 2.43. The standard InChI is InChI=1S/C40H30N2S/c1-28(41-2)33-16-10-11-21-38(33)43-42-26-12-15-32(27-42)40-36-19-8-6-17-34(36)39(35-18-7-9-20-37(35)40)31-24-22-30(23-25-31)29-13-4-3-5-14-29/h3-25,27H,1-2,26H2. The largest absolute Gasteiger partial charge is 0.315 e. The van der Waals surface area contributed by atoms with Gasteiger partial charge in [0, 0.05) is 23.2 Å². The summed E-state index contributed by atoms with van der Waals surface area (Å²) in [6, 6.07) is 45.4. The van der Waals surface area contributed by atoms with E-state index < -0.39 is 0 Å². The molecule has 6 aromatic rings. The van der Waals surface area contributed by atoms with Gasteiger partial charge in [0.2, 0.25) is 0 Å². The van der Waals surface area contributed by atoms with Crippen molar-refractivity contribution < 1.29 is 0 Å². The molecular weight excluding hydrogens is 541 g/mol. The van der Waals surface area contributed by atoms with E-state index in [4.69, 9.17) is 0 Å². The third-order valence-electron chi connectivity index (χ3n) is 7.97. The lowest BCUT2D eigenvalue weighted by Gasteiger charge is -2.25. The fourth-order valence-corrected chi connectivity index (χ4v) is 6.96. The van der Waals surface area contributed by atoms with Crippen molar-refractivity contribution in [2.24, 2.45) is 4.99 Å². The maximum atomic E-state index is 4.09. The van der Waals surface area contributed by atoms with Crippen LogP contribution in [0.25, 0.3) is 55.1 Å². The van der Waals surface area contributed by atoms with Gasteiger partial charge in [0.25, 0.3) is 0 Å². The van der Waals surface area contributed by atoms with Crippen molar-refractivity contribution in [3.05, 3.63) is 163 Å². The second-order valence-electron chi connectivity index (χ2n) is 10.6. The Bertz CT molecular complexity index is 2000. The van der Waals surface area contributed by atoms with E-state index in [0.29, 0.717) is 5.70 Å². The third kappa shape index (κ3) is 5.09. The molecule has 2 nitrogen and oxygen atoms in total. The summed E-state index contributed by atoms with van der Waals surface area (Å²) >= 11 is 1.70. The van der Waals surface area contributed by atoms with Crippen LogP contribution in [-0.2, 0) is 0 Å². The van der Waals surface area contributed by atoms with E-state index >= 15 is 0 Å². The van der Waals surface area contributed by atoms with Crippen LogP contribution in [0, 0.1) is 0 Å². The highest BCUT2D eigenvalue weighted by Gasteiger charge is 2.19. The van der Waals surface area contributed by atoms with E-state index in [1.54, 1.807) is 11.9 Å². The average Bonchev–Trinajstić information content (AvgIpc) is 3.07. The van der Waals surface area contributed by atoms with Crippen LogP contribution in [0.3, 0.4) is 0 Å². The minimum Gasteiger partial charge on any atom is -0.315 e. The Morgan fingerprint density at radius 3 is 1.79 bits per heavy atom. The number of allylic oxidation sites excluding steroid dienone is 2. The van der Waals surface area contributed by atoms with Gasteiger partial charge in [-0.25, -0.2) is 0 Å². The summed E-state index contributed by atoms with van der Waals surface area (Å²) in [5.74, 6) is 0. The maximum absolute atomic E-state index is 4.09. The summed E-state index contributed by atoms with van der Waals surface area (Å²) in [5, 5.41) is 4.99. The Kier molecular flexibility index (Phi) is 7.24. The molecule has 0 amide bonds. The minimum absolute atomic E-state index is 0.684. The van der Waals surface area contributed by atoms with Crippen molar-refractivity contribution in [1.29, 1.82) is 0 Å². The molecule has 0 atom stereocenters. The van der Waals surface area contributed by atoms with E-state index in [1.807, 2.05) is 6.07 Å². The Morgan fingerprint density at radius 2 is 1.14 bits per heavy atom. The number of hydrogen-bond donors (Lipinski definition) is 0. The number of rotatable bonds is 7. The lowest BCUT2D eigenvalue weighted by atomic mass is 9.85. The molecule has 0 saturated heterocycles. The predicted octanol–water partition coefficient (Wildman–Crippen LogP) is 10.9. The van der Waals surface area contributed by atoms with Crippen molar-refractivity contribution >= 4 is 51.5 Å². The van der Waals surface area contributed by atoms with Gasteiger partial charge in [-0.3, -0.25) is 4.99 Å². The summed E-state index contributed by atoms with van der Waals surface area (Å²) in [4.78, 5) is 5.20. The van der Waals surface area contributed by atoms with Crippen LogP contribution in [0.5, 0.6) is 0 Å². The van der Waals surface area contributed by atoms with Crippen molar-refractivity contribution in [2.45, 2.75) is 4.90 Å². The zero-order chi connectivity index (χ0) is 29.2. The van der Waals surface area contributed by atoms with E-state index in [1.165, 1.54) is 54.9 Å². The van der Waals surface area contributed by atoms with Crippen molar-refractivity contribution in [2.75, 3.05) is 6.54 Å². The fraction of sp³-hybridized carbons (Fsp3) is 0.0250. The lowest BCUT2D eigenvalue weighted by molar-refractivity contribution is 0.693. The van der Waals surface area contributed by atoms with Crippen LogP contribution in [0.15, 0.2) is 162 Å². The molecule has 0 fully saturated rings. The molecule has 7 rings (SSSR count). The van der Waals surface area contributed by atoms with Gasteiger partial charge in [0.05, 0.1) is 5.70 Å². The topological polar surface area (TPSA) is 15.6 Å². The van der Waals surface area contributed by atoms with Gasteiger partial charge in [-0.1, -0.05) is 140 Å². The second kappa shape index (κ2) is 11.6. The third-order valence-corrected chi connectivity index (χ3v) is 9.01. The first-order valence-electron chi connectivity index (χ1n) is 14.4. The van der Waals surface area contributed by atoms with Crippen LogP contribution in [-0.4, -0.2) is 17.6 Å². The number of fused-ring (bicyclic) bond motifs is 2. The molecule has 1 aliphatic rings. The smallest absolute Gasteiger partial charge is 0.0634 e. The highest BCUT2D eigenvalue weighted by atomic mass is 32.2. The number of nitrogens with zero attached hydrogens (tertiary/aromatic N) is 2. The van der Waals surface area contributed by atoms with Gasteiger partial charge in [-0.15, -0.1) is 0 Å². The molecular formula is C40H30N2S. The first kappa shape index (κ1) is 26.8. The normalized spacial score (nSPS) is 12.8. The first-order valence-corrected chi connectivity index (χ1v) is 15.2. The van der Waals surface area contributed by atoms with Gasteiger partial charge in [0.15, 0.2) is 0 Å². The highest BCUT2D eigenvalue weighted by molar-refractivity contribution is 7.97. The van der Waals surface area contributed by atoms with Gasteiger partial charge >= 0.3 is 0 Å². The van der Waals surface area contributed by atoms with E-state index in [0.717, 1.165) is 17.0 Å². The van der Waals surface area contributed by atoms with Gasteiger partial charge in [-0.2, -0.15) is 0 Å². The molecule has 43 heavy (non-hydrogen) atoms. The molecule has 0 bridgehead atoms. The summed E-state index contributed by atoms with van der Waals surface area (Å²) < 4.78 is 2.28. The zero-order valence-corrected chi connectivity index (χ0v) is 24.6. The van der Waals surface area contributed by atoms with Crippen LogP contribution in [0.1, 0.15) is 11.1 Å². The molecule has 1 heterocycles. The van der Waals surface area contributed by atoms with Crippen LogP contribution in [0.4, 0.5) is 0 Å². The molecule has 0 N–H and O–H groups in total. The molecule has 206 valence electrons. The van der Waals surface area contributed by atoms with Crippen LogP contribution in [0.2, 0.25) is 0 Å². The SMILES string of the molecule is C=NC(=C)c1ccccc1SN1C=C(c2c3ccccc3c(-c3ccc(-c4ccccc4)cc3)c3ccccc23)C=CC1. The molecule has 3 heteroatoms. The van der Waals surface area contributed by atoms with Crippen molar-refractivity contribution in [3.8, 4) is 22.3 Å². The number of benzene rings is 6. The molecule has 0 unspecified atom stereocenters. The summed E-state index contributed by atoms with van der Waals surface area (Å²) in [6.07, 6.45) is 6.77. The summed E-state index contributed by atoms with van der Waals surface area (Å²) in [5.41, 5.74) is 9.07. The fourth-order valence-electron chi connectivity index (χ4n) is 5.95. The van der Waals surface area contributed by atoms with Crippen LogP contribution >= 0.6 is 11.9 Å². The van der Waals surface area contributed by atoms with Gasteiger partial charge in [0.1, 0.15) is 0 Å². The molecule has 0 radical (unpaired) electrons. The number of aliphatic imine (C=N–C) groups is 1.